The first-order valence-corrected chi connectivity index (χ1v) is 7.94. The lowest BCUT2D eigenvalue weighted by Gasteiger charge is -2.08. The van der Waals surface area contributed by atoms with Gasteiger partial charge >= 0.3 is 0 Å². The van der Waals surface area contributed by atoms with Crippen molar-refractivity contribution in [3.8, 4) is 5.75 Å². The minimum Gasteiger partial charge on any atom is -0.492 e. The molecular weight excluding hydrogens is 260 g/mol. The van der Waals surface area contributed by atoms with Crippen molar-refractivity contribution < 1.29 is 4.74 Å². The van der Waals surface area contributed by atoms with E-state index in [0.29, 0.717) is 0 Å². The summed E-state index contributed by atoms with van der Waals surface area (Å²) < 4.78 is 5.78. The number of aromatic nitrogens is 1. The van der Waals surface area contributed by atoms with E-state index in [-0.39, 0.29) is 0 Å². The van der Waals surface area contributed by atoms with Crippen LogP contribution in [0.15, 0.2) is 36.5 Å². The standard InChI is InChI=1S/C18H26N2O/c1-15(2)13-19-10-6-3-7-11-21-17-12-16-8-4-5-9-18(16)20-14-17/h4-5,8-9,12,14-15,19H,3,6-7,10-11,13H2,1-2H3. The summed E-state index contributed by atoms with van der Waals surface area (Å²) in [6.07, 6.45) is 5.32. The fourth-order valence-corrected chi connectivity index (χ4v) is 2.24. The summed E-state index contributed by atoms with van der Waals surface area (Å²) in [6, 6.07) is 10.2. The van der Waals surface area contributed by atoms with E-state index in [1.807, 2.05) is 24.4 Å². The average molecular weight is 286 g/mol. The van der Waals surface area contributed by atoms with Crippen molar-refractivity contribution in [1.82, 2.24) is 10.3 Å². The van der Waals surface area contributed by atoms with Crippen molar-refractivity contribution in [2.75, 3.05) is 19.7 Å². The van der Waals surface area contributed by atoms with Gasteiger partial charge in [0.1, 0.15) is 5.75 Å². The van der Waals surface area contributed by atoms with E-state index >= 15 is 0 Å². The van der Waals surface area contributed by atoms with Gasteiger partial charge in [-0.2, -0.15) is 0 Å². The summed E-state index contributed by atoms with van der Waals surface area (Å²) in [4.78, 5) is 4.40. The molecule has 0 atom stereocenters. The van der Waals surface area contributed by atoms with Crippen molar-refractivity contribution in [2.45, 2.75) is 33.1 Å². The molecule has 21 heavy (non-hydrogen) atoms. The Bertz CT molecular complexity index is 539. The van der Waals surface area contributed by atoms with Crippen LogP contribution in [0.3, 0.4) is 0 Å². The number of hydrogen-bond acceptors (Lipinski definition) is 3. The Morgan fingerprint density at radius 1 is 1.14 bits per heavy atom. The van der Waals surface area contributed by atoms with Crippen LogP contribution in [0.2, 0.25) is 0 Å². The number of unbranched alkanes of at least 4 members (excludes halogenated alkanes) is 2. The molecule has 0 fully saturated rings. The van der Waals surface area contributed by atoms with Gasteiger partial charge < -0.3 is 10.1 Å². The third-order valence-electron chi connectivity index (χ3n) is 3.38. The molecule has 114 valence electrons. The van der Waals surface area contributed by atoms with Gasteiger partial charge in [0.15, 0.2) is 0 Å². The fourth-order valence-electron chi connectivity index (χ4n) is 2.24. The minimum absolute atomic E-state index is 0.730. The Labute approximate surface area is 127 Å². The minimum atomic E-state index is 0.730. The molecule has 0 unspecified atom stereocenters. The zero-order valence-electron chi connectivity index (χ0n) is 13.1. The zero-order chi connectivity index (χ0) is 14.9. The van der Waals surface area contributed by atoms with Crippen LogP contribution in [0.25, 0.3) is 10.9 Å². The van der Waals surface area contributed by atoms with E-state index in [1.165, 1.54) is 12.8 Å². The maximum Gasteiger partial charge on any atom is 0.138 e. The van der Waals surface area contributed by atoms with Gasteiger partial charge in [0.2, 0.25) is 0 Å². The van der Waals surface area contributed by atoms with Gasteiger partial charge in [0, 0.05) is 5.39 Å². The molecule has 1 N–H and O–H groups in total. The Balaban J connectivity index is 1.61. The molecule has 0 bridgehead atoms. The predicted molar refractivity (Wildman–Crippen MR) is 88.8 cm³/mol. The monoisotopic (exact) mass is 286 g/mol. The molecule has 1 aromatic heterocycles. The summed E-state index contributed by atoms with van der Waals surface area (Å²) in [5.74, 6) is 1.60. The molecule has 3 heteroatoms. The average Bonchev–Trinajstić information content (AvgIpc) is 2.49. The first-order valence-electron chi connectivity index (χ1n) is 7.94. The summed E-state index contributed by atoms with van der Waals surface area (Å²) in [6.45, 7) is 7.45. The lowest BCUT2D eigenvalue weighted by molar-refractivity contribution is 0.304. The van der Waals surface area contributed by atoms with Crippen molar-refractivity contribution in [3.05, 3.63) is 36.5 Å². The van der Waals surface area contributed by atoms with Crippen molar-refractivity contribution >= 4 is 10.9 Å². The number of nitrogens with one attached hydrogen (secondary N) is 1. The molecule has 2 aromatic rings. The highest BCUT2D eigenvalue weighted by Crippen LogP contribution is 2.18. The summed E-state index contributed by atoms with van der Waals surface area (Å²) in [5.41, 5.74) is 1.01. The number of fused-ring (bicyclic) bond motifs is 1. The number of pyridine rings is 1. The lowest BCUT2D eigenvalue weighted by Crippen LogP contribution is -2.20. The summed E-state index contributed by atoms with van der Waals surface area (Å²) in [7, 11) is 0. The smallest absolute Gasteiger partial charge is 0.138 e. The van der Waals surface area contributed by atoms with Crippen LogP contribution < -0.4 is 10.1 Å². The molecule has 1 aromatic carbocycles. The Morgan fingerprint density at radius 2 is 2.00 bits per heavy atom. The van der Waals surface area contributed by atoms with Gasteiger partial charge in [-0.15, -0.1) is 0 Å². The van der Waals surface area contributed by atoms with E-state index in [1.54, 1.807) is 0 Å². The highest BCUT2D eigenvalue weighted by Gasteiger charge is 1.98. The lowest BCUT2D eigenvalue weighted by atomic mass is 10.2. The number of ether oxygens (including phenoxy) is 1. The van der Waals surface area contributed by atoms with Crippen LogP contribution in [-0.2, 0) is 0 Å². The topological polar surface area (TPSA) is 34.1 Å². The first-order chi connectivity index (χ1) is 10.3. The Hall–Kier alpha value is -1.61. The SMILES string of the molecule is CC(C)CNCCCCCOc1cnc2ccccc2c1. The number of nitrogens with zero attached hydrogens (tertiary/aromatic N) is 1. The largest absolute Gasteiger partial charge is 0.492 e. The number of rotatable bonds is 9. The van der Waals surface area contributed by atoms with E-state index < -0.39 is 0 Å². The number of hydrogen-bond donors (Lipinski definition) is 1. The third-order valence-corrected chi connectivity index (χ3v) is 3.38. The maximum atomic E-state index is 5.78. The molecule has 0 aliphatic rings. The molecule has 0 radical (unpaired) electrons. The highest BCUT2D eigenvalue weighted by atomic mass is 16.5. The maximum absolute atomic E-state index is 5.78. The summed E-state index contributed by atoms with van der Waals surface area (Å²) >= 11 is 0. The predicted octanol–water partition coefficient (Wildman–Crippen LogP) is 4.03. The van der Waals surface area contributed by atoms with Gasteiger partial charge in [0.25, 0.3) is 0 Å². The molecule has 0 aliphatic heterocycles. The molecular formula is C18H26N2O. The quantitative estimate of drug-likeness (QED) is 0.707. The second-order valence-corrected chi connectivity index (χ2v) is 5.87. The normalized spacial score (nSPS) is 11.2. The second-order valence-electron chi connectivity index (χ2n) is 5.87. The zero-order valence-corrected chi connectivity index (χ0v) is 13.1. The number of para-hydroxylation sites is 1. The summed E-state index contributed by atoms with van der Waals surface area (Å²) in [5, 5.41) is 4.60. The molecule has 3 nitrogen and oxygen atoms in total. The highest BCUT2D eigenvalue weighted by molar-refractivity contribution is 5.79. The van der Waals surface area contributed by atoms with Crippen LogP contribution >= 0.6 is 0 Å². The fraction of sp³-hybridized carbons (Fsp3) is 0.500. The molecule has 1 heterocycles. The van der Waals surface area contributed by atoms with Crippen molar-refractivity contribution in [1.29, 1.82) is 0 Å². The van der Waals surface area contributed by atoms with Crippen molar-refractivity contribution in [3.63, 3.8) is 0 Å². The van der Waals surface area contributed by atoms with Gasteiger partial charge in [0.05, 0.1) is 18.3 Å². The third kappa shape index (κ3) is 5.72. The number of benzene rings is 1. The molecule has 0 aliphatic carbocycles. The second kappa shape index (κ2) is 8.63. The van der Waals surface area contributed by atoms with Gasteiger partial charge in [-0.25, -0.2) is 0 Å². The molecule has 0 saturated carbocycles. The van der Waals surface area contributed by atoms with Crippen LogP contribution in [0, 0.1) is 5.92 Å². The van der Waals surface area contributed by atoms with E-state index in [2.05, 4.69) is 36.3 Å². The Kier molecular flexibility index (Phi) is 6.48. The van der Waals surface area contributed by atoms with E-state index in [0.717, 1.165) is 48.7 Å². The van der Waals surface area contributed by atoms with Crippen LogP contribution in [-0.4, -0.2) is 24.7 Å². The molecule has 2 rings (SSSR count). The van der Waals surface area contributed by atoms with Gasteiger partial charge in [-0.1, -0.05) is 32.0 Å². The molecule has 0 amide bonds. The van der Waals surface area contributed by atoms with E-state index in [9.17, 15) is 0 Å². The molecule has 0 spiro atoms. The van der Waals surface area contributed by atoms with Crippen LogP contribution in [0.1, 0.15) is 33.1 Å². The first kappa shape index (κ1) is 15.8. The van der Waals surface area contributed by atoms with Gasteiger partial charge in [-0.05, 0) is 50.4 Å². The van der Waals surface area contributed by atoms with Crippen LogP contribution in [0.5, 0.6) is 5.75 Å². The van der Waals surface area contributed by atoms with Crippen LogP contribution in [0.4, 0.5) is 0 Å². The van der Waals surface area contributed by atoms with Crippen molar-refractivity contribution in [2.24, 2.45) is 5.92 Å². The Morgan fingerprint density at radius 3 is 2.86 bits per heavy atom. The van der Waals surface area contributed by atoms with Gasteiger partial charge in [-0.3, -0.25) is 4.98 Å². The molecule has 0 saturated heterocycles. The van der Waals surface area contributed by atoms with E-state index in [4.69, 9.17) is 4.74 Å².